The molecule has 0 aromatic carbocycles. The minimum absolute atomic E-state index is 0.230. The molecule has 6 heteroatoms. The summed E-state index contributed by atoms with van der Waals surface area (Å²) in [6.07, 6.45) is 1.42. The summed E-state index contributed by atoms with van der Waals surface area (Å²) < 4.78 is 5.03. The first kappa shape index (κ1) is 12.1. The summed E-state index contributed by atoms with van der Waals surface area (Å²) in [5.41, 5.74) is 5.32. The number of anilines is 1. The fourth-order valence-corrected chi connectivity index (χ4v) is 1.10. The van der Waals surface area contributed by atoms with Gasteiger partial charge in [0.1, 0.15) is 0 Å². The average Bonchev–Trinajstić information content (AvgIpc) is 2.67. The lowest BCUT2D eigenvalue weighted by molar-refractivity contribution is 0.247. The van der Waals surface area contributed by atoms with E-state index in [4.69, 9.17) is 15.6 Å². The summed E-state index contributed by atoms with van der Waals surface area (Å²) in [7, 11) is 0. The van der Waals surface area contributed by atoms with E-state index >= 15 is 0 Å². The third-order valence-corrected chi connectivity index (χ3v) is 1.83. The maximum Gasteiger partial charge on any atom is 0.331 e. The quantitative estimate of drug-likeness (QED) is 0.534. The Hall–Kier alpha value is -1.98. The van der Waals surface area contributed by atoms with Gasteiger partial charge in [-0.2, -0.15) is 0 Å². The first-order valence-electron chi connectivity index (χ1n) is 4.98. The molecule has 0 saturated heterocycles. The molecule has 0 unspecified atom stereocenters. The van der Waals surface area contributed by atoms with Gasteiger partial charge in [0.15, 0.2) is 0 Å². The zero-order valence-corrected chi connectivity index (χ0v) is 9.36. The maximum absolute atomic E-state index is 11.7. The standard InChI is InChI=1S/C10H16N4O2/c1-7(2)6-13-10(15)14(9(11)12)8-4-3-5-16-8/h3-5,7H,6H2,1-2H3,(H3,11,12)(H,13,15). The van der Waals surface area contributed by atoms with Gasteiger partial charge in [0, 0.05) is 12.6 Å². The van der Waals surface area contributed by atoms with Crippen LogP contribution in [-0.2, 0) is 0 Å². The van der Waals surface area contributed by atoms with Crippen molar-refractivity contribution in [1.29, 1.82) is 5.41 Å². The summed E-state index contributed by atoms with van der Waals surface area (Å²) in [6, 6.07) is 2.73. The van der Waals surface area contributed by atoms with Crippen LogP contribution in [0.5, 0.6) is 0 Å². The molecular weight excluding hydrogens is 208 g/mol. The highest BCUT2D eigenvalue weighted by atomic mass is 16.3. The number of carbonyl (C=O) groups is 1. The molecule has 1 heterocycles. The lowest BCUT2D eigenvalue weighted by Gasteiger charge is -2.18. The van der Waals surface area contributed by atoms with Gasteiger partial charge >= 0.3 is 6.03 Å². The van der Waals surface area contributed by atoms with Crippen molar-refractivity contribution in [2.45, 2.75) is 13.8 Å². The number of rotatable bonds is 3. The summed E-state index contributed by atoms with van der Waals surface area (Å²) in [4.78, 5) is 12.7. The molecule has 0 radical (unpaired) electrons. The number of carbonyl (C=O) groups excluding carboxylic acids is 1. The van der Waals surface area contributed by atoms with E-state index in [0.29, 0.717) is 12.5 Å². The maximum atomic E-state index is 11.7. The van der Waals surface area contributed by atoms with Crippen LogP contribution in [0.3, 0.4) is 0 Å². The molecule has 0 atom stereocenters. The number of nitrogens with zero attached hydrogens (tertiary/aromatic N) is 1. The van der Waals surface area contributed by atoms with E-state index in [1.807, 2.05) is 13.8 Å². The molecule has 0 spiro atoms. The molecule has 88 valence electrons. The van der Waals surface area contributed by atoms with Crippen molar-refractivity contribution in [1.82, 2.24) is 5.32 Å². The Labute approximate surface area is 93.9 Å². The van der Waals surface area contributed by atoms with E-state index in [1.54, 1.807) is 12.1 Å². The SMILES string of the molecule is CC(C)CNC(=O)N(C(=N)N)c1ccco1. The van der Waals surface area contributed by atoms with Crippen molar-refractivity contribution in [3.05, 3.63) is 18.4 Å². The van der Waals surface area contributed by atoms with Gasteiger partial charge < -0.3 is 15.5 Å². The molecular formula is C10H16N4O2. The van der Waals surface area contributed by atoms with Gasteiger partial charge in [0.2, 0.25) is 11.8 Å². The predicted molar refractivity (Wildman–Crippen MR) is 61.3 cm³/mol. The molecule has 0 fully saturated rings. The number of nitrogens with one attached hydrogen (secondary N) is 2. The van der Waals surface area contributed by atoms with E-state index in [9.17, 15) is 4.79 Å². The van der Waals surface area contributed by atoms with Crippen LogP contribution in [0.4, 0.5) is 10.7 Å². The minimum Gasteiger partial charge on any atom is -0.448 e. The van der Waals surface area contributed by atoms with Crippen molar-refractivity contribution in [3.63, 3.8) is 0 Å². The van der Waals surface area contributed by atoms with E-state index in [1.165, 1.54) is 6.26 Å². The van der Waals surface area contributed by atoms with Crippen molar-refractivity contribution < 1.29 is 9.21 Å². The van der Waals surface area contributed by atoms with E-state index in [-0.39, 0.29) is 11.8 Å². The topological polar surface area (TPSA) is 95.4 Å². The molecule has 4 N–H and O–H groups in total. The van der Waals surface area contributed by atoms with Crippen LogP contribution >= 0.6 is 0 Å². The number of hydrogen-bond donors (Lipinski definition) is 3. The molecule has 16 heavy (non-hydrogen) atoms. The van der Waals surface area contributed by atoms with E-state index in [0.717, 1.165) is 4.90 Å². The lowest BCUT2D eigenvalue weighted by atomic mass is 10.2. The zero-order valence-electron chi connectivity index (χ0n) is 9.36. The average molecular weight is 224 g/mol. The van der Waals surface area contributed by atoms with Gasteiger partial charge in [-0.1, -0.05) is 13.8 Å². The molecule has 1 aromatic rings. The second-order valence-corrected chi connectivity index (χ2v) is 3.75. The van der Waals surface area contributed by atoms with Gasteiger partial charge in [-0.3, -0.25) is 5.41 Å². The molecule has 0 aliphatic heterocycles. The van der Waals surface area contributed by atoms with Crippen LogP contribution in [0, 0.1) is 11.3 Å². The van der Waals surface area contributed by atoms with Crippen LogP contribution in [-0.4, -0.2) is 18.5 Å². The van der Waals surface area contributed by atoms with Crippen LogP contribution in [0.1, 0.15) is 13.8 Å². The predicted octanol–water partition coefficient (Wildman–Crippen LogP) is 1.35. The number of urea groups is 1. The van der Waals surface area contributed by atoms with E-state index in [2.05, 4.69) is 5.32 Å². The third kappa shape index (κ3) is 3.01. The highest BCUT2D eigenvalue weighted by molar-refractivity contribution is 6.12. The van der Waals surface area contributed by atoms with Crippen molar-refractivity contribution in [3.8, 4) is 0 Å². The fourth-order valence-electron chi connectivity index (χ4n) is 1.10. The van der Waals surface area contributed by atoms with Crippen LogP contribution in [0.15, 0.2) is 22.8 Å². The number of furan rings is 1. The molecule has 0 aliphatic rings. The number of hydrogen-bond acceptors (Lipinski definition) is 3. The largest absolute Gasteiger partial charge is 0.448 e. The lowest BCUT2D eigenvalue weighted by Crippen LogP contribution is -2.47. The third-order valence-electron chi connectivity index (χ3n) is 1.83. The number of nitrogens with two attached hydrogens (primary N) is 1. The molecule has 1 rings (SSSR count). The van der Waals surface area contributed by atoms with Crippen LogP contribution in [0.2, 0.25) is 0 Å². The number of guanidine groups is 1. The highest BCUT2D eigenvalue weighted by Crippen LogP contribution is 2.13. The molecule has 2 amide bonds. The van der Waals surface area contributed by atoms with Crippen molar-refractivity contribution in [2.75, 3.05) is 11.4 Å². The molecule has 0 bridgehead atoms. The van der Waals surface area contributed by atoms with Gasteiger partial charge in [-0.15, -0.1) is 0 Å². The Bertz CT molecular complexity index is 359. The first-order chi connectivity index (χ1) is 7.52. The summed E-state index contributed by atoms with van der Waals surface area (Å²) in [6.45, 7) is 4.47. The first-order valence-corrected chi connectivity index (χ1v) is 4.98. The smallest absolute Gasteiger partial charge is 0.331 e. The Morgan fingerprint density at radius 1 is 1.69 bits per heavy atom. The minimum atomic E-state index is -0.462. The van der Waals surface area contributed by atoms with Gasteiger partial charge in [0.25, 0.3) is 0 Å². The van der Waals surface area contributed by atoms with Crippen molar-refractivity contribution >= 4 is 17.9 Å². The Morgan fingerprint density at radius 2 is 2.38 bits per heavy atom. The molecule has 6 nitrogen and oxygen atoms in total. The molecule has 0 saturated carbocycles. The van der Waals surface area contributed by atoms with Crippen LogP contribution in [0.25, 0.3) is 0 Å². The fraction of sp³-hybridized carbons (Fsp3) is 0.400. The van der Waals surface area contributed by atoms with Crippen LogP contribution < -0.4 is 16.0 Å². The Kier molecular flexibility index (Phi) is 3.93. The zero-order chi connectivity index (χ0) is 12.1. The number of amides is 2. The van der Waals surface area contributed by atoms with Gasteiger partial charge in [-0.05, 0) is 12.0 Å². The molecule has 1 aromatic heterocycles. The monoisotopic (exact) mass is 224 g/mol. The van der Waals surface area contributed by atoms with Crippen molar-refractivity contribution in [2.24, 2.45) is 11.7 Å². The van der Waals surface area contributed by atoms with Gasteiger partial charge in [0.05, 0.1) is 6.26 Å². The second-order valence-electron chi connectivity index (χ2n) is 3.75. The van der Waals surface area contributed by atoms with Gasteiger partial charge in [-0.25, -0.2) is 9.69 Å². The Balaban J connectivity index is 2.72. The summed E-state index contributed by atoms with van der Waals surface area (Å²) in [5, 5.41) is 9.98. The highest BCUT2D eigenvalue weighted by Gasteiger charge is 2.20. The second kappa shape index (κ2) is 5.20. The van der Waals surface area contributed by atoms with E-state index < -0.39 is 6.03 Å². The summed E-state index contributed by atoms with van der Waals surface area (Å²) in [5.74, 6) is 0.180. The normalized spacial score (nSPS) is 10.2. The summed E-state index contributed by atoms with van der Waals surface area (Å²) >= 11 is 0. The Morgan fingerprint density at radius 3 is 2.81 bits per heavy atom. The molecule has 0 aliphatic carbocycles.